The van der Waals surface area contributed by atoms with Crippen LogP contribution in [0, 0.1) is 5.92 Å². The zero-order valence-corrected chi connectivity index (χ0v) is 17.3. The highest BCUT2D eigenvalue weighted by Crippen LogP contribution is 2.25. The van der Waals surface area contributed by atoms with Crippen LogP contribution in [-0.2, 0) is 21.4 Å². The van der Waals surface area contributed by atoms with Crippen molar-refractivity contribution in [2.45, 2.75) is 51.1 Å². The number of sulfonamides is 1. The maximum Gasteiger partial charge on any atom is 0.251 e. The van der Waals surface area contributed by atoms with Crippen molar-refractivity contribution in [3.05, 3.63) is 40.7 Å². The third-order valence-corrected chi connectivity index (χ3v) is 6.99. The summed E-state index contributed by atoms with van der Waals surface area (Å²) in [4.78, 5) is 24.6. The molecule has 1 N–H and O–H groups in total. The molecule has 1 fully saturated rings. The number of hydrogen-bond donors (Lipinski definition) is 1. The highest BCUT2D eigenvalue weighted by atomic mass is 32.2. The molecule has 0 atom stereocenters. The fourth-order valence-electron chi connectivity index (χ4n) is 3.49. The number of piperidine rings is 1. The number of benzene rings is 1. The molecule has 0 saturated carbocycles. The van der Waals surface area contributed by atoms with Gasteiger partial charge in [-0.1, -0.05) is 6.92 Å². The van der Waals surface area contributed by atoms with E-state index in [1.54, 1.807) is 18.2 Å². The zero-order chi connectivity index (χ0) is 20.5. The Kier molecular flexibility index (Phi) is 5.90. The van der Waals surface area contributed by atoms with Gasteiger partial charge in [0.25, 0.3) is 5.56 Å². The van der Waals surface area contributed by atoms with Gasteiger partial charge < -0.3 is 5.32 Å². The Morgan fingerprint density at radius 1 is 1.18 bits per heavy atom. The summed E-state index contributed by atoms with van der Waals surface area (Å²) >= 11 is 0. The lowest BCUT2D eigenvalue weighted by Gasteiger charge is -2.29. The quantitative estimate of drug-likeness (QED) is 0.823. The van der Waals surface area contributed by atoms with Crippen molar-refractivity contribution >= 4 is 26.8 Å². The van der Waals surface area contributed by atoms with Crippen LogP contribution in [0.1, 0.15) is 33.6 Å². The minimum atomic E-state index is -3.57. The van der Waals surface area contributed by atoms with E-state index in [9.17, 15) is 18.0 Å². The first-order valence-corrected chi connectivity index (χ1v) is 11.1. The first kappa shape index (κ1) is 20.5. The number of carbonyl (C=O) groups excluding carboxylic acids is 1. The van der Waals surface area contributed by atoms with Crippen LogP contribution in [0.5, 0.6) is 0 Å². The molecule has 0 spiro atoms. The van der Waals surface area contributed by atoms with Crippen LogP contribution in [0.3, 0.4) is 0 Å². The van der Waals surface area contributed by atoms with Gasteiger partial charge >= 0.3 is 0 Å². The van der Waals surface area contributed by atoms with Gasteiger partial charge in [-0.25, -0.2) is 8.42 Å². The van der Waals surface area contributed by atoms with Crippen LogP contribution in [0.2, 0.25) is 0 Å². The van der Waals surface area contributed by atoms with E-state index in [1.807, 2.05) is 13.8 Å². The van der Waals surface area contributed by atoms with Crippen LogP contribution in [0.25, 0.3) is 10.9 Å². The molecule has 8 heteroatoms. The fourth-order valence-corrected chi connectivity index (χ4v) is 5.00. The second-order valence-electron chi connectivity index (χ2n) is 7.79. The molecule has 1 aromatic heterocycles. The number of amides is 1. The second kappa shape index (κ2) is 8.05. The number of pyridine rings is 1. The molecule has 1 amide bonds. The molecule has 2 aromatic rings. The standard InChI is InChI=1S/C20H27N3O4S/c1-14(2)21-19(24)13-23-18-6-5-17(12-16(18)4-7-20(23)25)28(26,27)22-10-8-15(3)9-11-22/h4-7,12,14-15H,8-11,13H2,1-3H3,(H,21,24). The Hall–Kier alpha value is -2.19. The van der Waals surface area contributed by atoms with Gasteiger partial charge in [0.15, 0.2) is 0 Å². The second-order valence-corrected chi connectivity index (χ2v) is 9.73. The smallest absolute Gasteiger partial charge is 0.251 e. The molecule has 0 aliphatic carbocycles. The summed E-state index contributed by atoms with van der Waals surface area (Å²) in [5.41, 5.74) is 0.240. The highest BCUT2D eigenvalue weighted by molar-refractivity contribution is 7.89. The Balaban J connectivity index is 1.95. The normalized spacial score (nSPS) is 16.6. The van der Waals surface area contributed by atoms with E-state index in [-0.39, 0.29) is 28.9 Å². The lowest BCUT2D eigenvalue weighted by molar-refractivity contribution is -0.122. The molecule has 1 aliphatic rings. The summed E-state index contributed by atoms with van der Waals surface area (Å²) in [5.74, 6) is 0.276. The maximum atomic E-state index is 13.0. The van der Waals surface area contributed by atoms with Gasteiger partial charge in [-0.05, 0) is 62.3 Å². The molecule has 1 saturated heterocycles. The lowest BCUT2D eigenvalue weighted by Crippen LogP contribution is -2.38. The Morgan fingerprint density at radius 3 is 2.50 bits per heavy atom. The van der Waals surface area contributed by atoms with Crippen molar-refractivity contribution in [3.63, 3.8) is 0 Å². The SMILES string of the molecule is CC1CCN(S(=O)(=O)c2ccc3c(ccc(=O)n3CC(=O)NC(C)C)c2)CC1. The first-order valence-electron chi connectivity index (χ1n) is 9.61. The molecule has 0 radical (unpaired) electrons. The molecule has 7 nitrogen and oxygen atoms in total. The molecule has 3 rings (SSSR count). The molecule has 152 valence electrons. The summed E-state index contributed by atoms with van der Waals surface area (Å²) in [6, 6.07) is 7.65. The number of hydrogen-bond acceptors (Lipinski definition) is 4. The van der Waals surface area contributed by atoms with E-state index >= 15 is 0 Å². The van der Waals surface area contributed by atoms with Crippen LogP contribution in [0.15, 0.2) is 40.0 Å². The van der Waals surface area contributed by atoms with Crippen molar-refractivity contribution in [1.29, 1.82) is 0 Å². The van der Waals surface area contributed by atoms with Gasteiger partial charge in [-0.15, -0.1) is 0 Å². The minimum absolute atomic E-state index is 0.0258. The molecule has 1 aliphatic heterocycles. The lowest BCUT2D eigenvalue weighted by atomic mass is 10.0. The molecule has 2 heterocycles. The monoisotopic (exact) mass is 405 g/mol. The van der Waals surface area contributed by atoms with E-state index < -0.39 is 10.0 Å². The Bertz CT molecular complexity index is 1040. The predicted octanol–water partition coefficient (Wildman–Crippen LogP) is 1.95. The Labute approximate surface area is 165 Å². The molecular weight excluding hydrogens is 378 g/mol. The van der Waals surface area contributed by atoms with Gasteiger partial charge in [0.05, 0.1) is 10.4 Å². The van der Waals surface area contributed by atoms with Crippen molar-refractivity contribution < 1.29 is 13.2 Å². The van der Waals surface area contributed by atoms with E-state index in [0.717, 1.165) is 12.8 Å². The third kappa shape index (κ3) is 4.28. The first-order chi connectivity index (χ1) is 13.2. The Morgan fingerprint density at radius 2 is 1.86 bits per heavy atom. The molecule has 1 aromatic carbocycles. The van der Waals surface area contributed by atoms with E-state index in [1.165, 1.54) is 21.0 Å². The highest BCUT2D eigenvalue weighted by Gasteiger charge is 2.28. The van der Waals surface area contributed by atoms with E-state index in [4.69, 9.17) is 0 Å². The number of nitrogens with zero attached hydrogens (tertiary/aromatic N) is 2. The van der Waals surface area contributed by atoms with Gasteiger partial charge in [0, 0.05) is 25.2 Å². The van der Waals surface area contributed by atoms with Crippen molar-refractivity contribution in [1.82, 2.24) is 14.2 Å². The molecule has 0 bridgehead atoms. The zero-order valence-electron chi connectivity index (χ0n) is 16.5. The van der Waals surface area contributed by atoms with Crippen LogP contribution in [0.4, 0.5) is 0 Å². The van der Waals surface area contributed by atoms with Gasteiger partial charge in [-0.2, -0.15) is 4.31 Å². The van der Waals surface area contributed by atoms with Crippen molar-refractivity contribution in [2.24, 2.45) is 5.92 Å². The number of nitrogens with one attached hydrogen (secondary N) is 1. The van der Waals surface area contributed by atoms with Crippen LogP contribution >= 0.6 is 0 Å². The van der Waals surface area contributed by atoms with E-state index in [2.05, 4.69) is 12.2 Å². The molecule has 0 unspecified atom stereocenters. The number of fused-ring (bicyclic) bond motifs is 1. The summed E-state index contributed by atoms with van der Waals surface area (Å²) in [5, 5.41) is 3.38. The van der Waals surface area contributed by atoms with Crippen LogP contribution in [-0.4, -0.2) is 42.3 Å². The largest absolute Gasteiger partial charge is 0.352 e. The third-order valence-electron chi connectivity index (χ3n) is 5.09. The molecule has 28 heavy (non-hydrogen) atoms. The number of aromatic nitrogens is 1. The minimum Gasteiger partial charge on any atom is -0.352 e. The topological polar surface area (TPSA) is 88.5 Å². The van der Waals surface area contributed by atoms with E-state index in [0.29, 0.717) is 29.9 Å². The van der Waals surface area contributed by atoms with Crippen LogP contribution < -0.4 is 10.9 Å². The fraction of sp³-hybridized carbons (Fsp3) is 0.500. The number of carbonyl (C=O) groups is 1. The summed E-state index contributed by atoms with van der Waals surface area (Å²) < 4.78 is 28.9. The number of rotatable bonds is 5. The molecular formula is C20H27N3O4S. The van der Waals surface area contributed by atoms with Gasteiger partial charge in [0.1, 0.15) is 6.54 Å². The van der Waals surface area contributed by atoms with Gasteiger partial charge in [0.2, 0.25) is 15.9 Å². The van der Waals surface area contributed by atoms with Gasteiger partial charge in [-0.3, -0.25) is 14.2 Å². The van der Waals surface area contributed by atoms with Crippen molar-refractivity contribution in [2.75, 3.05) is 13.1 Å². The summed E-state index contributed by atoms with van der Waals surface area (Å²) in [7, 11) is -3.57. The summed E-state index contributed by atoms with van der Waals surface area (Å²) in [6.45, 7) is 6.77. The summed E-state index contributed by atoms with van der Waals surface area (Å²) in [6.07, 6.45) is 1.72. The maximum absolute atomic E-state index is 13.0. The average molecular weight is 406 g/mol. The average Bonchev–Trinajstić information content (AvgIpc) is 2.63. The van der Waals surface area contributed by atoms with Crippen molar-refractivity contribution in [3.8, 4) is 0 Å². The predicted molar refractivity (Wildman–Crippen MR) is 109 cm³/mol.